The number of esters is 1. The van der Waals surface area contributed by atoms with Crippen molar-refractivity contribution in [2.45, 2.75) is 46.0 Å². The Labute approximate surface area is 80.7 Å². The Kier molecular flexibility index (Phi) is 3.34. The Bertz CT molecular complexity index is 189. The zero-order chi connectivity index (χ0) is 9.90. The highest BCUT2D eigenvalue weighted by Gasteiger charge is 2.37. The number of rotatable bonds is 3. The Morgan fingerprint density at radius 2 is 2.31 bits per heavy atom. The predicted octanol–water partition coefficient (Wildman–Crippen LogP) is 2.77. The fraction of sp³-hybridized carbons (Fsp3) is 0.909. The summed E-state index contributed by atoms with van der Waals surface area (Å²) in [5, 5.41) is 0. The van der Waals surface area contributed by atoms with Gasteiger partial charge in [-0.25, -0.2) is 0 Å². The van der Waals surface area contributed by atoms with Gasteiger partial charge >= 0.3 is 5.97 Å². The third kappa shape index (κ3) is 2.45. The molecule has 0 aliphatic heterocycles. The van der Waals surface area contributed by atoms with Crippen molar-refractivity contribution in [3.63, 3.8) is 0 Å². The second-order valence-electron chi connectivity index (χ2n) is 4.45. The SMILES string of the molecule is CC[C@@]1(CC(=O)OC)CC[C@@H](C)C1. The third-order valence-corrected chi connectivity index (χ3v) is 3.45. The van der Waals surface area contributed by atoms with E-state index < -0.39 is 0 Å². The van der Waals surface area contributed by atoms with Crippen molar-refractivity contribution in [2.24, 2.45) is 11.3 Å². The second kappa shape index (κ2) is 4.12. The zero-order valence-corrected chi connectivity index (χ0v) is 8.93. The predicted molar refractivity (Wildman–Crippen MR) is 52.4 cm³/mol. The first kappa shape index (κ1) is 10.6. The number of ether oxygens (including phenoxy) is 1. The van der Waals surface area contributed by atoms with Crippen LogP contribution >= 0.6 is 0 Å². The molecule has 1 aliphatic carbocycles. The van der Waals surface area contributed by atoms with Crippen LogP contribution in [0.15, 0.2) is 0 Å². The summed E-state index contributed by atoms with van der Waals surface area (Å²) >= 11 is 0. The molecule has 0 amide bonds. The van der Waals surface area contributed by atoms with Crippen molar-refractivity contribution >= 4 is 5.97 Å². The van der Waals surface area contributed by atoms with Crippen LogP contribution in [0.2, 0.25) is 0 Å². The lowest BCUT2D eigenvalue weighted by Gasteiger charge is -2.26. The Balaban J connectivity index is 2.55. The molecule has 1 fully saturated rings. The van der Waals surface area contributed by atoms with E-state index >= 15 is 0 Å². The van der Waals surface area contributed by atoms with Crippen molar-refractivity contribution in [1.29, 1.82) is 0 Å². The van der Waals surface area contributed by atoms with E-state index in [1.54, 1.807) is 0 Å². The van der Waals surface area contributed by atoms with Gasteiger partial charge in [0.25, 0.3) is 0 Å². The standard InChI is InChI=1S/C11H20O2/c1-4-11(8-10(12)13-3)6-5-9(2)7-11/h9H,4-8H2,1-3H3/t9-,11-/m1/s1. The molecule has 2 nitrogen and oxygen atoms in total. The molecule has 0 heterocycles. The smallest absolute Gasteiger partial charge is 0.306 e. The van der Waals surface area contributed by atoms with E-state index in [1.807, 2.05) is 0 Å². The highest BCUT2D eigenvalue weighted by molar-refractivity contribution is 5.70. The zero-order valence-electron chi connectivity index (χ0n) is 8.93. The van der Waals surface area contributed by atoms with E-state index in [4.69, 9.17) is 4.74 Å². The van der Waals surface area contributed by atoms with Crippen LogP contribution in [0.25, 0.3) is 0 Å². The summed E-state index contributed by atoms with van der Waals surface area (Å²) in [5.74, 6) is 0.737. The molecule has 0 bridgehead atoms. The molecule has 76 valence electrons. The minimum absolute atomic E-state index is 0.0454. The quantitative estimate of drug-likeness (QED) is 0.630. The van der Waals surface area contributed by atoms with Crippen molar-refractivity contribution in [3.8, 4) is 0 Å². The van der Waals surface area contributed by atoms with Crippen LogP contribution in [0.5, 0.6) is 0 Å². The van der Waals surface area contributed by atoms with Gasteiger partial charge in [-0.05, 0) is 30.6 Å². The van der Waals surface area contributed by atoms with Gasteiger partial charge in [-0.2, -0.15) is 0 Å². The van der Waals surface area contributed by atoms with Gasteiger partial charge in [0.15, 0.2) is 0 Å². The molecule has 0 saturated heterocycles. The van der Waals surface area contributed by atoms with Gasteiger partial charge in [-0.15, -0.1) is 0 Å². The number of carbonyl (C=O) groups excluding carboxylic acids is 1. The minimum Gasteiger partial charge on any atom is -0.469 e. The molecule has 0 radical (unpaired) electrons. The number of carbonyl (C=O) groups is 1. The highest BCUT2D eigenvalue weighted by atomic mass is 16.5. The molecule has 2 heteroatoms. The van der Waals surface area contributed by atoms with Gasteiger partial charge in [0.1, 0.15) is 0 Å². The topological polar surface area (TPSA) is 26.3 Å². The summed E-state index contributed by atoms with van der Waals surface area (Å²) < 4.78 is 4.74. The van der Waals surface area contributed by atoms with E-state index in [2.05, 4.69) is 13.8 Å². The van der Waals surface area contributed by atoms with Crippen LogP contribution in [-0.2, 0) is 9.53 Å². The van der Waals surface area contributed by atoms with Crippen LogP contribution in [0.4, 0.5) is 0 Å². The van der Waals surface area contributed by atoms with Crippen molar-refractivity contribution < 1.29 is 9.53 Å². The summed E-state index contributed by atoms with van der Waals surface area (Å²) in [7, 11) is 1.48. The average molecular weight is 184 g/mol. The fourth-order valence-corrected chi connectivity index (χ4v) is 2.48. The Morgan fingerprint density at radius 1 is 1.62 bits per heavy atom. The molecule has 1 aliphatic rings. The molecule has 2 atom stereocenters. The van der Waals surface area contributed by atoms with Crippen LogP contribution in [-0.4, -0.2) is 13.1 Å². The van der Waals surface area contributed by atoms with E-state index in [0.29, 0.717) is 6.42 Å². The molecular formula is C11H20O2. The molecule has 0 aromatic carbocycles. The van der Waals surface area contributed by atoms with E-state index in [9.17, 15) is 4.79 Å². The summed E-state index contributed by atoms with van der Waals surface area (Å²) in [6.45, 7) is 4.45. The first-order valence-electron chi connectivity index (χ1n) is 5.19. The molecule has 0 aromatic rings. The average Bonchev–Trinajstić information content (AvgIpc) is 2.48. The van der Waals surface area contributed by atoms with Crippen molar-refractivity contribution in [2.75, 3.05) is 7.11 Å². The molecule has 0 N–H and O–H groups in total. The lowest BCUT2D eigenvalue weighted by Crippen LogP contribution is -2.21. The summed E-state index contributed by atoms with van der Waals surface area (Å²) in [5.41, 5.74) is 0.256. The van der Waals surface area contributed by atoms with Gasteiger partial charge in [-0.3, -0.25) is 4.79 Å². The summed E-state index contributed by atoms with van der Waals surface area (Å²) in [4.78, 5) is 11.2. The Hall–Kier alpha value is -0.530. The van der Waals surface area contributed by atoms with Gasteiger partial charge in [-0.1, -0.05) is 20.3 Å². The van der Waals surface area contributed by atoms with E-state index in [-0.39, 0.29) is 11.4 Å². The van der Waals surface area contributed by atoms with Crippen LogP contribution in [0.3, 0.4) is 0 Å². The first-order valence-corrected chi connectivity index (χ1v) is 5.19. The highest BCUT2D eigenvalue weighted by Crippen LogP contribution is 2.46. The fourth-order valence-electron chi connectivity index (χ4n) is 2.48. The van der Waals surface area contributed by atoms with Crippen LogP contribution in [0, 0.1) is 11.3 Å². The van der Waals surface area contributed by atoms with Crippen LogP contribution in [0.1, 0.15) is 46.0 Å². The van der Waals surface area contributed by atoms with E-state index in [1.165, 1.54) is 26.4 Å². The van der Waals surface area contributed by atoms with Crippen molar-refractivity contribution in [1.82, 2.24) is 0 Å². The molecule has 0 spiro atoms. The normalized spacial score (nSPS) is 33.3. The number of methoxy groups -OCH3 is 1. The van der Waals surface area contributed by atoms with Gasteiger partial charge in [0.2, 0.25) is 0 Å². The molecule has 0 unspecified atom stereocenters. The lowest BCUT2D eigenvalue weighted by molar-refractivity contribution is -0.143. The largest absolute Gasteiger partial charge is 0.469 e. The molecule has 1 saturated carbocycles. The molecule has 0 aromatic heterocycles. The van der Waals surface area contributed by atoms with Crippen LogP contribution < -0.4 is 0 Å². The maximum absolute atomic E-state index is 11.2. The maximum atomic E-state index is 11.2. The third-order valence-electron chi connectivity index (χ3n) is 3.45. The monoisotopic (exact) mass is 184 g/mol. The molecule has 13 heavy (non-hydrogen) atoms. The first-order chi connectivity index (χ1) is 6.12. The number of hydrogen-bond donors (Lipinski definition) is 0. The lowest BCUT2D eigenvalue weighted by atomic mass is 9.79. The van der Waals surface area contributed by atoms with E-state index in [0.717, 1.165) is 12.3 Å². The van der Waals surface area contributed by atoms with Crippen molar-refractivity contribution in [3.05, 3.63) is 0 Å². The minimum atomic E-state index is -0.0454. The second-order valence-corrected chi connectivity index (χ2v) is 4.45. The molecular weight excluding hydrogens is 164 g/mol. The summed E-state index contributed by atoms with van der Waals surface area (Å²) in [6, 6.07) is 0. The maximum Gasteiger partial charge on any atom is 0.306 e. The van der Waals surface area contributed by atoms with Gasteiger partial charge in [0.05, 0.1) is 13.5 Å². The van der Waals surface area contributed by atoms with Gasteiger partial charge < -0.3 is 4.74 Å². The van der Waals surface area contributed by atoms with Gasteiger partial charge in [0, 0.05) is 0 Å². The number of hydrogen-bond acceptors (Lipinski definition) is 2. The Morgan fingerprint density at radius 3 is 2.69 bits per heavy atom. The summed E-state index contributed by atoms with van der Waals surface area (Å²) in [6.07, 6.45) is 5.37. The molecule has 1 rings (SSSR count).